The molecule has 2 aromatic rings. The monoisotopic (exact) mass is 391 g/mol. The molecule has 0 saturated carbocycles. The van der Waals surface area contributed by atoms with Crippen LogP contribution in [-0.2, 0) is 14.3 Å². The molecule has 1 amide bonds. The molecule has 0 aliphatic rings. The lowest BCUT2D eigenvalue weighted by Crippen LogP contribution is -2.46. The third kappa shape index (κ3) is 5.82. The van der Waals surface area contributed by atoms with Crippen LogP contribution >= 0.6 is 11.8 Å². The number of amides is 1. The number of carbonyl (C=O) groups excluding carboxylic acids is 2. The van der Waals surface area contributed by atoms with Crippen LogP contribution in [0.25, 0.3) is 11.5 Å². The molecule has 0 aliphatic heterocycles. The number of esters is 1. The van der Waals surface area contributed by atoms with E-state index in [-0.39, 0.29) is 17.6 Å². The summed E-state index contributed by atoms with van der Waals surface area (Å²) in [4.78, 5) is 24.1. The Morgan fingerprint density at radius 2 is 1.89 bits per heavy atom. The second kappa shape index (κ2) is 9.55. The van der Waals surface area contributed by atoms with Gasteiger partial charge in [0.15, 0.2) is 0 Å². The van der Waals surface area contributed by atoms with Gasteiger partial charge in [-0.05, 0) is 31.9 Å². The molecule has 1 N–H and O–H groups in total. The highest BCUT2D eigenvalue weighted by Gasteiger charge is 2.26. The molecular weight excluding hydrogens is 366 g/mol. The van der Waals surface area contributed by atoms with Gasteiger partial charge in [0.05, 0.1) is 12.9 Å². The summed E-state index contributed by atoms with van der Waals surface area (Å²) in [5.41, 5.74) is 3.06. The topological polar surface area (TPSA) is 94.3 Å². The minimum atomic E-state index is -0.665. The van der Waals surface area contributed by atoms with Crippen LogP contribution in [0.5, 0.6) is 0 Å². The molecule has 0 radical (unpaired) electrons. The zero-order valence-electron chi connectivity index (χ0n) is 16.2. The first-order chi connectivity index (χ1) is 12.8. The largest absolute Gasteiger partial charge is 0.467 e. The summed E-state index contributed by atoms with van der Waals surface area (Å²) in [5, 5.41) is 11.0. The lowest BCUT2D eigenvalue weighted by atomic mass is 9.99. The first-order valence-electron chi connectivity index (χ1n) is 8.76. The first kappa shape index (κ1) is 21.0. The Morgan fingerprint density at radius 1 is 1.22 bits per heavy atom. The first-order valence-corrected chi connectivity index (χ1v) is 9.74. The van der Waals surface area contributed by atoms with Crippen molar-refractivity contribution in [2.24, 2.45) is 5.92 Å². The number of hydrogen-bond donors (Lipinski definition) is 1. The van der Waals surface area contributed by atoms with E-state index in [2.05, 4.69) is 21.6 Å². The molecule has 8 heteroatoms. The molecule has 27 heavy (non-hydrogen) atoms. The van der Waals surface area contributed by atoms with E-state index in [0.717, 1.165) is 34.9 Å². The van der Waals surface area contributed by atoms with Gasteiger partial charge in [0, 0.05) is 5.56 Å². The van der Waals surface area contributed by atoms with Gasteiger partial charge >= 0.3 is 5.97 Å². The maximum Gasteiger partial charge on any atom is 0.328 e. The van der Waals surface area contributed by atoms with Gasteiger partial charge in [-0.3, -0.25) is 4.79 Å². The summed E-state index contributed by atoms with van der Waals surface area (Å²) in [5.74, 6) is -0.277. The number of methoxy groups -OCH3 is 1. The van der Waals surface area contributed by atoms with E-state index >= 15 is 0 Å². The maximum absolute atomic E-state index is 12.2. The number of benzene rings is 1. The number of nitrogens with one attached hydrogen (secondary N) is 1. The Balaban J connectivity index is 1.97. The van der Waals surface area contributed by atoms with Crippen molar-refractivity contribution < 1.29 is 18.7 Å². The number of aromatic nitrogens is 2. The minimum absolute atomic E-state index is 0.0223. The van der Waals surface area contributed by atoms with Gasteiger partial charge in [-0.25, -0.2) is 4.79 Å². The number of aryl methyl sites for hydroxylation is 2. The Bertz CT molecular complexity index is 786. The molecule has 146 valence electrons. The fourth-order valence-electron chi connectivity index (χ4n) is 2.62. The number of thioether (sulfide) groups is 1. The minimum Gasteiger partial charge on any atom is -0.467 e. The van der Waals surface area contributed by atoms with E-state index in [4.69, 9.17) is 9.15 Å². The van der Waals surface area contributed by atoms with Crippen LogP contribution in [0.15, 0.2) is 27.8 Å². The Hall–Kier alpha value is -2.35. The predicted molar refractivity (Wildman–Crippen MR) is 103 cm³/mol. The van der Waals surface area contributed by atoms with Crippen molar-refractivity contribution in [3.05, 3.63) is 29.3 Å². The number of ether oxygens (including phenoxy) is 1. The Morgan fingerprint density at radius 3 is 2.48 bits per heavy atom. The summed E-state index contributed by atoms with van der Waals surface area (Å²) in [6, 6.07) is 5.33. The van der Waals surface area contributed by atoms with Crippen LogP contribution in [0.3, 0.4) is 0 Å². The van der Waals surface area contributed by atoms with E-state index in [1.807, 2.05) is 39.8 Å². The third-order valence-electron chi connectivity index (χ3n) is 4.19. The number of rotatable bonds is 8. The molecule has 2 rings (SSSR count). The van der Waals surface area contributed by atoms with Gasteiger partial charge in [0.1, 0.15) is 6.04 Å². The molecule has 0 saturated heterocycles. The molecule has 7 nitrogen and oxygen atoms in total. The van der Waals surface area contributed by atoms with E-state index in [9.17, 15) is 9.59 Å². The molecule has 0 spiro atoms. The van der Waals surface area contributed by atoms with Crippen LogP contribution < -0.4 is 5.32 Å². The molecular formula is C19H25N3O4S. The van der Waals surface area contributed by atoms with E-state index in [0.29, 0.717) is 11.1 Å². The van der Waals surface area contributed by atoms with E-state index < -0.39 is 12.0 Å². The van der Waals surface area contributed by atoms with Crippen molar-refractivity contribution >= 4 is 23.6 Å². The SMILES string of the molecule is CC[C@@H](C)[C@@H](NC(=O)CSc1nnc(-c2cc(C)cc(C)c2)o1)C(=O)OC. The highest BCUT2D eigenvalue weighted by molar-refractivity contribution is 7.99. The van der Waals surface area contributed by atoms with Gasteiger partial charge in [-0.15, -0.1) is 10.2 Å². The quantitative estimate of drug-likeness (QED) is 0.545. The molecule has 0 unspecified atom stereocenters. The normalized spacial score (nSPS) is 13.1. The smallest absolute Gasteiger partial charge is 0.328 e. The van der Waals surface area contributed by atoms with Crippen LogP contribution in [-0.4, -0.2) is 41.0 Å². The lowest BCUT2D eigenvalue weighted by molar-refractivity contribution is -0.146. The van der Waals surface area contributed by atoms with Crippen molar-refractivity contribution in [1.82, 2.24) is 15.5 Å². The summed E-state index contributed by atoms with van der Waals surface area (Å²) >= 11 is 1.13. The van der Waals surface area contributed by atoms with Gasteiger partial charge in [0.25, 0.3) is 5.22 Å². The van der Waals surface area contributed by atoms with Crippen LogP contribution in [0.1, 0.15) is 31.4 Å². The number of nitrogens with zero attached hydrogens (tertiary/aromatic N) is 2. The van der Waals surface area contributed by atoms with Crippen molar-refractivity contribution in [2.75, 3.05) is 12.9 Å². The van der Waals surface area contributed by atoms with Crippen LogP contribution in [0, 0.1) is 19.8 Å². The molecule has 1 aromatic carbocycles. The van der Waals surface area contributed by atoms with Gasteiger partial charge < -0.3 is 14.5 Å². The van der Waals surface area contributed by atoms with Gasteiger partial charge in [0.2, 0.25) is 11.8 Å². The fourth-order valence-corrected chi connectivity index (χ4v) is 3.20. The Kier molecular flexibility index (Phi) is 7.41. The zero-order chi connectivity index (χ0) is 20.0. The highest BCUT2D eigenvalue weighted by atomic mass is 32.2. The number of hydrogen-bond acceptors (Lipinski definition) is 7. The molecule has 2 atom stereocenters. The predicted octanol–water partition coefficient (Wildman–Crippen LogP) is 3.15. The van der Waals surface area contributed by atoms with E-state index in [1.165, 1.54) is 7.11 Å². The maximum atomic E-state index is 12.2. The molecule has 0 aliphatic carbocycles. The zero-order valence-corrected chi connectivity index (χ0v) is 17.1. The second-order valence-corrected chi connectivity index (χ2v) is 7.42. The summed E-state index contributed by atoms with van der Waals surface area (Å²) in [7, 11) is 1.31. The molecule has 0 bridgehead atoms. The van der Waals surface area contributed by atoms with Crippen molar-refractivity contribution in [3.63, 3.8) is 0 Å². The summed E-state index contributed by atoms with van der Waals surface area (Å²) in [6.45, 7) is 7.85. The molecule has 0 fully saturated rings. The summed E-state index contributed by atoms with van der Waals surface area (Å²) < 4.78 is 10.4. The van der Waals surface area contributed by atoms with Crippen LogP contribution in [0.4, 0.5) is 0 Å². The molecule has 1 aromatic heterocycles. The number of carbonyl (C=O) groups is 2. The second-order valence-electron chi connectivity index (χ2n) is 6.49. The van der Waals surface area contributed by atoms with Crippen molar-refractivity contribution in [1.29, 1.82) is 0 Å². The van der Waals surface area contributed by atoms with Gasteiger partial charge in [-0.1, -0.05) is 49.2 Å². The van der Waals surface area contributed by atoms with Crippen LogP contribution in [0.2, 0.25) is 0 Å². The average Bonchev–Trinajstić information content (AvgIpc) is 3.11. The standard InChI is InChI=1S/C19H25N3O4S/c1-6-13(4)16(18(24)25-5)20-15(23)10-27-19-22-21-17(26-19)14-8-11(2)7-12(3)9-14/h7-9,13,16H,6,10H2,1-5H3,(H,20,23)/t13-,16-/m1/s1. The lowest BCUT2D eigenvalue weighted by Gasteiger charge is -2.21. The third-order valence-corrected chi connectivity index (χ3v) is 5.00. The fraction of sp³-hybridized carbons (Fsp3) is 0.474. The molecule has 1 heterocycles. The van der Waals surface area contributed by atoms with E-state index in [1.54, 1.807) is 0 Å². The van der Waals surface area contributed by atoms with Crippen molar-refractivity contribution in [2.45, 2.75) is 45.4 Å². The Labute approximate surface area is 163 Å². The van der Waals surface area contributed by atoms with Crippen molar-refractivity contribution in [3.8, 4) is 11.5 Å². The average molecular weight is 391 g/mol. The summed E-state index contributed by atoms with van der Waals surface area (Å²) in [6.07, 6.45) is 0.746. The van der Waals surface area contributed by atoms with Gasteiger partial charge in [-0.2, -0.15) is 0 Å². The highest BCUT2D eigenvalue weighted by Crippen LogP contribution is 2.24.